The van der Waals surface area contributed by atoms with Crippen LogP contribution >= 0.6 is 11.8 Å². The zero-order chi connectivity index (χ0) is 20.1. The van der Waals surface area contributed by atoms with Gasteiger partial charge in [-0.1, -0.05) is 24.3 Å². The van der Waals surface area contributed by atoms with Crippen LogP contribution in [0.25, 0.3) is 0 Å². The number of hydrogen-bond donors (Lipinski definition) is 2. The average Bonchev–Trinajstić information content (AvgIpc) is 3.06. The van der Waals surface area contributed by atoms with Gasteiger partial charge in [-0.3, -0.25) is 9.52 Å². The Bertz CT molecular complexity index is 1080. The van der Waals surface area contributed by atoms with E-state index in [4.69, 9.17) is 5.11 Å². The van der Waals surface area contributed by atoms with Gasteiger partial charge >= 0.3 is 5.97 Å². The van der Waals surface area contributed by atoms with E-state index >= 15 is 0 Å². The molecule has 0 radical (unpaired) electrons. The molecule has 0 saturated heterocycles. The first-order valence-corrected chi connectivity index (χ1v) is 10.7. The molecule has 0 aliphatic heterocycles. The van der Waals surface area contributed by atoms with E-state index in [-0.39, 0.29) is 11.3 Å². The lowest BCUT2D eigenvalue weighted by atomic mass is 10.1. The van der Waals surface area contributed by atoms with Gasteiger partial charge in [-0.05, 0) is 48.0 Å². The molecule has 0 unspecified atom stereocenters. The molecule has 9 heteroatoms. The van der Waals surface area contributed by atoms with Crippen molar-refractivity contribution in [2.75, 3.05) is 4.72 Å². The Morgan fingerprint density at radius 3 is 2.54 bits per heavy atom. The van der Waals surface area contributed by atoms with Crippen LogP contribution < -0.4 is 4.72 Å². The van der Waals surface area contributed by atoms with Crippen LogP contribution in [0.15, 0.2) is 75.9 Å². The predicted molar refractivity (Wildman–Crippen MR) is 107 cm³/mol. The summed E-state index contributed by atoms with van der Waals surface area (Å²) in [5.41, 5.74) is 1.23. The standard InChI is InChI=1S/C19H19N3O4S2/c1-22-13-12-20-19(22)27-17-5-3-2-4-16(17)21-28(25,26)15-9-6-14(7-10-15)8-11-18(23)24/h2-7,9-10,12-13,21H,8,11H2,1H3,(H,23,24). The maximum Gasteiger partial charge on any atom is 0.303 e. The molecule has 0 fully saturated rings. The topological polar surface area (TPSA) is 101 Å². The molecule has 0 aliphatic rings. The lowest BCUT2D eigenvalue weighted by molar-refractivity contribution is -0.136. The van der Waals surface area contributed by atoms with Crippen LogP contribution in [0, 0.1) is 0 Å². The van der Waals surface area contributed by atoms with Crippen LogP contribution in [0.5, 0.6) is 0 Å². The number of nitrogens with one attached hydrogen (secondary N) is 1. The van der Waals surface area contributed by atoms with E-state index in [2.05, 4.69) is 9.71 Å². The van der Waals surface area contributed by atoms with Gasteiger partial charge in [0.25, 0.3) is 10.0 Å². The maximum atomic E-state index is 12.8. The fourth-order valence-electron chi connectivity index (χ4n) is 2.48. The molecule has 1 aromatic heterocycles. The molecule has 0 saturated carbocycles. The fourth-order valence-corrected chi connectivity index (χ4v) is 4.51. The normalized spacial score (nSPS) is 11.3. The van der Waals surface area contributed by atoms with E-state index < -0.39 is 16.0 Å². The van der Waals surface area contributed by atoms with Crippen molar-refractivity contribution in [3.63, 3.8) is 0 Å². The van der Waals surface area contributed by atoms with Crippen LogP contribution in [0.1, 0.15) is 12.0 Å². The van der Waals surface area contributed by atoms with Crippen LogP contribution in [-0.2, 0) is 28.3 Å². The molecule has 1 heterocycles. The van der Waals surface area contributed by atoms with Gasteiger partial charge in [0.1, 0.15) is 0 Å². The molecule has 3 rings (SSSR count). The smallest absolute Gasteiger partial charge is 0.303 e. The summed E-state index contributed by atoms with van der Waals surface area (Å²) < 4.78 is 30.0. The highest BCUT2D eigenvalue weighted by Gasteiger charge is 2.17. The third-order valence-corrected chi connectivity index (χ3v) is 6.50. The maximum absolute atomic E-state index is 12.8. The first-order valence-electron chi connectivity index (χ1n) is 8.43. The Kier molecular flexibility index (Phi) is 6.05. The number of aryl methyl sites for hydroxylation is 2. The summed E-state index contributed by atoms with van der Waals surface area (Å²) in [5, 5.41) is 9.49. The average molecular weight is 418 g/mol. The van der Waals surface area contributed by atoms with Gasteiger partial charge in [-0.15, -0.1) is 0 Å². The lowest BCUT2D eigenvalue weighted by Gasteiger charge is -2.12. The Morgan fingerprint density at radius 1 is 1.18 bits per heavy atom. The van der Waals surface area contributed by atoms with Crippen LogP contribution in [0.2, 0.25) is 0 Å². The first kappa shape index (κ1) is 20.0. The first-order chi connectivity index (χ1) is 13.3. The Morgan fingerprint density at radius 2 is 1.89 bits per heavy atom. The molecule has 0 amide bonds. The van der Waals surface area contributed by atoms with Crippen LogP contribution in [0.3, 0.4) is 0 Å². The van der Waals surface area contributed by atoms with E-state index in [1.54, 1.807) is 30.5 Å². The Balaban J connectivity index is 1.79. The van der Waals surface area contributed by atoms with E-state index in [9.17, 15) is 13.2 Å². The van der Waals surface area contributed by atoms with Gasteiger partial charge in [0.2, 0.25) is 0 Å². The zero-order valence-corrected chi connectivity index (χ0v) is 16.7. The molecular weight excluding hydrogens is 398 g/mol. The number of aromatic nitrogens is 2. The number of anilines is 1. The summed E-state index contributed by atoms with van der Waals surface area (Å²) in [5.74, 6) is -0.889. The molecule has 146 valence electrons. The third-order valence-electron chi connectivity index (χ3n) is 3.97. The van der Waals surface area contributed by atoms with Gasteiger partial charge in [0.15, 0.2) is 5.16 Å². The number of carboxylic acid groups (broad SMARTS) is 1. The summed E-state index contributed by atoms with van der Waals surface area (Å²) in [4.78, 5) is 15.8. The highest BCUT2D eigenvalue weighted by atomic mass is 32.2. The van der Waals surface area contributed by atoms with Crippen molar-refractivity contribution in [3.05, 3.63) is 66.5 Å². The second-order valence-electron chi connectivity index (χ2n) is 6.06. The van der Waals surface area contributed by atoms with Crippen molar-refractivity contribution in [1.29, 1.82) is 0 Å². The molecule has 2 aromatic carbocycles. The lowest BCUT2D eigenvalue weighted by Crippen LogP contribution is -2.13. The van der Waals surface area contributed by atoms with Gasteiger partial charge < -0.3 is 9.67 Å². The van der Waals surface area contributed by atoms with Crippen molar-refractivity contribution >= 4 is 33.4 Å². The Hall–Kier alpha value is -2.78. The van der Waals surface area contributed by atoms with Crippen molar-refractivity contribution < 1.29 is 18.3 Å². The molecular formula is C19H19N3O4S2. The van der Waals surface area contributed by atoms with Crippen molar-refractivity contribution in [2.45, 2.75) is 27.8 Å². The summed E-state index contributed by atoms with van der Waals surface area (Å²) >= 11 is 1.36. The summed E-state index contributed by atoms with van der Waals surface area (Å²) in [6.45, 7) is 0. The highest BCUT2D eigenvalue weighted by molar-refractivity contribution is 7.99. The van der Waals surface area contributed by atoms with E-state index in [1.807, 2.05) is 29.9 Å². The zero-order valence-electron chi connectivity index (χ0n) is 15.1. The monoisotopic (exact) mass is 417 g/mol. The second kappa shape index (κ2) is 8.49. The summed E-state index contributed by atoms with van der Waals surface area (Å²) in [7, 11) is -1.91. The number of sulfonamides is 1. The molecule has 0 atom stereocenters. The molecule has 2 N–H and O–H groups in total. The number of carbonyl (C=O) groups is 1. The van der Waals surface area contributed by atoms with Crippen molar-refractivity contribution in [3.8, 4) is 0 Å². The van der Waals surface area contributed by atoms with Gasteiger partial charge in [0.05, 0.1) is 10.6 Å². The number of aliphatic carboxylic acids is 1. The third kappa shape index (κ3) is 4.93. The molecule has 0 spiro atoms. The molecule has 7 nitrogen and oxygen atoms in total. The molecule has 0 bridgehead atoms. The van der Waals surface area contributed by atoms with Crippen LogP contribution in [-0.4, -0.2) is 29.0 Å². The van der Waals surface area contributed by atoms with Crippen molar-refractivity contribution in [1.82, 2.24) is 9.55 Å². The number of para-hydroxylation sites is 1. The minimum absolute atomic E-state index is 0.00212. The minimum atomic E-state index is -3.78. The SMILES string of the molecule is Cn1ccnc1Sc1ccccc1NS(=O)(=O)c1ccc(CCC(=O)O)cc1. The van der Waals surface area contributed by atoms with E-state index in [0.717, 1.165) is 15.6 Å². The minimum Gasteiger partial charge on any atom is -0.481 e. The van der Waals surface area contributed by atoms with E-state index in [0.29, 0.717) is 12.1 Å². The number of rotatable bonds is 8. The quantitative estimate of drug-likeness (QED) is 0.583. The van der Waals surface area contributed by atoms with E-state index in [1.165, 1.54) is 23.9 Å². The van der Waals surface area contributed by atoms with Gasteiger partial charge in [-0.2, -0.15) is 0 Å². The Labute approximate surface area is 167 Å². The number of carboxylic acids is 1. The largest absolute Gasteiger partial charge is 0.481 e. The molecule has 28 heavy (non-hydrogen) atoms. The van der Waals surface area contributed by atoms with Crippen LogP contribution in [0.4, 0.5) is 5.69 Å². The predicted octanol–water partition coefficient (Wildman–Crippen LogP) is 3.39. The number of imidazole rings is 1. The van der Waals surface area contributed by atoms with Crippen molar-refractivity contribution in [2.24, 2.45) is 7.05 Å². The summed E-state index contributed by atoms with van der Waals surface area (Å²) in [6.07, 6.45) is 3.86. The number of hydrogen-bond acceptors (Lipinski definition) is 5. The fraction of sp³-hybridized carbons (Fsp3) is 0.158. The van der Waals surface area contributed by atoms with Gasteiger partial charge in [-0.25, -0.2) is 13.4 Å². The second-order valence-corrected chi connectivity index (χ2v) is 8.75. The van der Waals surface area contributed by atoms with Gasteiger partial charge in [0, 0.05) is 30.8 Å². The number of benzene rings is 2. The number of nitrogens with zero attached hydrogens (tertiary/aromatic N) is 2. The highest BCUT2D eigenvalue weighted by Crippen LogP contribution is 2.33. The molecule has 0 aliphatic carbocycles. The molecule has 3 aromatic rings. The summed E-state index contributed by atoms with van der Waals surface area (Å²) in [6, 6.07) is 13.3.